The van der Waals surface area contributed by atoms with E-state index in [0.29, 0.717) is 12.8 Å². The number of pyridine rings is 1. The molecule has 0 spiro atoms. The Labute approximate surface area is 121 Å². The maximum absolute atomic E-state index is 13.0. The summed E-state index contributed by atoms with van der Waals surface area (Å²) in [4.78, 5) is 4.26. The fraction of sp³-hybridized carbons (Fsp3) is 0.438. The zero-order valence-electron chi connectivity index (χ0n) is 11.5. The largest absolute Gasteiger partial charge is 0.391 e. The second-order valence-corrected chi connectivity index (χ2v) is 5.87. The molecule has 1 fully saturated rings. The highest BCUT2D eigenvalue weighted by atomic mass is 19.4. The molecule has 0 aliphatic heterocycles. The number of benzene rings is 1. The number of rotatable bonds is 1. The van der Waals surface area contributed by atoms with Crippen LogP contribution in [-0.4, -0.2) is 11.2 Å². The number of nitrogens with two attached hydrogens (primary N) is 1. The highest BCUT2D eigenvalue weighted by Gasteiger charge is 2.47. The van der Waals surface area contributed by atoms with Gasteiger partial charge in [-0.1, -0.05) is 24.6 Å². The fourth-order valence-corrected chi connectivity index (χ4v) is 3.37. The smallest absolute Gasteiger partial charge is 0.321 e. The molecule has 1 saturated carbocycles. The molecule has 0 amide bonds. The molecule has 2 atom stereocenters. The summed E-state index contributed by atoms with van der Waals surface area (Å²) in [5.74, 6) is -1.32. The Morgan fingerprint density at radius 3 is 2.76 bits per heavy atom. The van der Waals surface area contributed by atoms with E-state index in [9.17, 15) is 13.2 Å². The summed E-state index contributed by atoms with van der Waals surface area (Å²) in [6.07, 6.45) is -1.30. The standard InChI is InChI=1S/C16H17F3N2/c17-16(18,19)11-4-2-8-15(20,10-11)13-6-1-7-14-12(13)5-3-9-21-14/h1,3,5-7,9,11H,2,4,8,10,20H2. The van der Waals surface area contributed by atoms with E-state index in [1.165, 1.54) is 0 Å². The van der Waals surface area contributed by atoms with Crippen molar-refractivity contribution >= 4 is 10.9 Å². The van der Waals surface area contributed by atoms with Crippen LogP contribution >= 0.6 is 0 Å². The fourth-order valence-electron chi connectivity index (χ4n) is 3.37. The highest BCUT2D eigenvalue weighted by molar-refractivity contribution is 5.83. The number of halogens is 3. The van der Waals surface area contributed by atoms with Gasteiger partial charge in [-0.25, -0.2) is 0 Å². The first-order valence-electron chi connectivity index (χ1n) is 7.10. The summed E-state index contributed by atoms with van der Waals surface area (Å²) >= 11 is 0. The van der Waals surface area contributed by atoms with Crippen molar-refractivity contribution in [3.63, 3.8) is 0 Å². The van der Waals surface area contributed by atoms with Gasteiger partial charge in [0, 0.05) is 17.1 Å². The first-order valence-corrected chi connectivity index (χ1v) is 7.10. The SMILES string of the molecule is NC1(c2cccc3ncccc23)CCCC(C(F)(F)F)C1. The highest BCUT2D eigenvalue weighted by Crippen LogP contribution is 2.45. The number of aromatic nitrogens is 1. The van der Waals surface area contributed by atoms with E-state index in [1.807, 2.05) is 24.3 Å². The second kappa shape index (κ2) is 4.98. The van der Waals surface area contributed by atoms with E-state index in [4.69, 9.17) is 5.73 Å². The molecule has 5 heteroatoms. The Kier molecular flexibility index (Phi) is 3.40. The van der Waals surface area contributed by atoms with Gasteiger partial charge in [0.1, 0.15) is 0 Å². The zero-order valence-corrected chi connectivity index (χ0v) is 11.5. The minimum atomic E-state index is -4.17. The van der Waals surface area contributed by atoms with E-state index in [-0.39, 0.29) is 12.8 Å². The van der Waals surface area contributed by atoms with Gasteiger partial charge < -0.3 is 5.73 Å². The van der Waals surface area contributed by atoms with Crippen molar-refractivity contribution in [1.29, 1.82) is 0 Å². The molecule has 1 aromatic heterocycles. The molecule has 2 aromatic rings. The first-order chi connectivity index (χ1) is 9.90. The van der Waals surface area contributed by atoms with Gasteiger partial charge in [0.2, 0.25) is 0 Å². The van der Waals surface area contributed by atoms with E-state index >= 15 is 0 Å². The molecule has 1 aliphatic rings. The molecule has 0 radical (unpaired) electrons. The van der Waals surface area contributed by atoms with Crippen molar-refractivity contribution in [3.05, 3.63) is 42.1 Å². The molecule has 2 unspecified atom stereocenters. The van der Waals surface area contributed by atoms with E-state index in [1.54, 1.807) is 12.3 Å². The predicted molar refractivity (Wildman–Crippen MR) is 75.6 cm³/mol. The molecule has 21 heavy (non-hydrogen) atoms. The predicted octanol–water partition coefficient (Wildman–Crippen LogP) is 4.14. The Bertz CT molecular complexity index is 648. The molecule has 1 heterocycles. The van der Waals surface area contributed by atoms with E-state index in [2.05, 4.69) is 4.98 Å². The summed E-state index contributed by atoms with van der Waals surface area (Å²) < 4.78 is 39.1. The molecular weight excluding hydrogens is 277 g/mol. The van der Waals surface area contributed by atoms with Crippen molar-refractivity contribution in [2.24, 2.45) is 11.7 Å². The van der Waals surface area contributed by atoms with Gasteiger partial charge in [-0.2, -0.15) is 13.2 Å². The normalized spacial score (nSPS) is 27.0. The summed E-state index contributed by atoms with van der Waals surface area (Å²) in [5, 5.41) is 0.852. The van der Waals surface area contributed by atoms with Crippen molar-refractivity contribution in [2.75, 3.05) is 0 Å². The van der Waals surface area contributed by atoms with Gasteiger partial charge in [0.25, 0.3) is 0 Å². The van der Waals surface area contributed by atoms with Crippen molar-refractivity contribution in [1.82, 2.24) is 4.98 Å². The van der Waals surface area contributed by atoms with Gasteiger partial charge in [-0.3, -0.25) is 4.98 Å². The number of nitrogens with zero attached hydrogens (tertiary/aromatic N) is 1. The molecule has 2 N–H and O–H groups in total. The molecular formula is C16H17F3N2. The molecule has 1 aliphatic carbocycles. The van der Waals surface area contributed by atoms with Gasteiger partial charge in [-0.15, -0.1) is 0 Å². The third kappa shape index (κ3) is 2.62. The third-order valence-corrected chi connectivity index (χ3v) is 4.43. The third-order valence-electron chi connectivity index (χ3n) is 4.43. The van der Waals surface area contributed by atoms with Crippen LogP contribution in [0.25, 0.3) is 10.9 Å². The van der Waals surface area contributed by atoms with Crippen LogP contribution in [0.4, 0.5) is 13.2 Å². The van der Waals surface area contributed by atoms with Crippen LogP contribution < -0.4 is 5.73 Å². The van der Waals surface area contributed by atoms with Gasteiger partial charge >= 0.3 is 6.18 Å². The van der Waals surface area contributed by atoms with Gasteiger partial charge in [-0.05, 0) is 37.0 Å². The molecule has 112 valence electrons. The Morgan fingerprint density at radius 2 is 2.00 bits per heavy atom. The van der Waals surface area contributed by atoms with Crippen LogP contribution in [0.1, 0.15) is 31.2 Å². The average Bonchev–Trinajstić information content (AvgIpc) is 2.46. The van der Waals surface area contributed by atoms with Crippen molar-refractivity contribution in [2.45, 2.75) is 37.4 Å². The van der Waals surface area contributed by atoms with Crippen LogP contribution in [-0.2, 0) is 5.54 Å². The lowest BCUT2D eigenvalue weighted by Crippen LogP contribution is -2.45. The van der Waals surface area contributed by atoms with Gasteiger partial charge in [0.05, 0.1) is 11.4 Å². The first kappa shape index (κ1) is 14.3. The second-order valence-electron chi connectivity index (χ2n) is 5.87. The number of hydrogen-bond donors (Lipinski definition) is 1. The lowest BCUT2D eigenvalue weighted by Gasteiger charge is -2.39. The summed E-state index contributed by atoms with van der Waals surface area (Å²) in [6.45, 7) is 0. The van der Waals surface area contributed by atoms with E-state index < -0.39 is 17.6 Å². The minimum absolute atomic E-state index is 0.0511. The molecule has 2 nitrogen and oxygen atoms in total. The Balaban J connectivity index is 2.04. The Morgan fingerprint density at radius 1 is 1.19 bits per heavy atom. The maximum atomic E-state index is 13.0. The Hall–Kier alpha value is -1.62. The summed E-state index contributed by atoms with van der Waals surface area (Å²) in [7, 11) is 0. The van der Waals surface area contributed by atoms with Crippen LogP contribution in [0.15, 0.2) is 36.5 Å². The topological polar surface area (TPSA) is 38.9 Å². The monoisotopic (exact) mass is 294 g/mol. The lowest BCUT2D eigenvalue weighted by atomic mass is 9.71. The summed E-state index contributed by atoms with van der Waals surface area (Å²) in [6, 6.07) is 9.17. The van der Waals surface area contributed by atoms with Crippen LogP contribution in [0, 0.1) is 5.92 Å². The van der Waals surface area contributed by atoms with Crippen LogP contribution in [0.2, 0.25) is 0 Å². The van der Waals surface area contributed by atoms with Gasteiger partial charge in [0.15, 0.2) is 0 Å². The maximum Gasteiger partial charge on any atom is 0.391 e. The van der Waals surface area contributed by atoms with Crippen LogP contribution in [0.5, 0.6) is 0 Å². The number of fused-ring (bicyclic) bond motifs is 1. The lowest BCUT2D eigenvalue weighted by molar-refractivity contribution is -0.187. The quantitative estimate of drug-likeness (QED) is 0.858. The van der Waals surface area contributed by atoms with Crippen molar-refractivity contribution < 1.29 is 13.2 Å². The molecule has 1 aromatic carbocycles. The molecule has 0 bridgehead atoms. The van der Waals surface area contributed by atoms with Crippen LogP contribution in [0.3, 0.4) is 0 Å². The number of alkyl halides is 3. The van der Waals surface area contributed by atoms with Crippen molar-refractivity contribution in [3.8, 4) is 0 Å². The summed E-state index contributed by atoms with van der Waals surface area (Å²) in [5.41, 5.74) is 7.03. The average molecular weight is 294 g/mol. The van der Waals surface area contributed by atoms with E-state index in [0.717, 1.165) is 16.5 Å². The minimum Gasteiger partial charge on any atom is -0.321 e. The number of hydrogen-bond acceptors (Lipinski definition) is 2. The zero-order chi connectivity index (χ0) is 15.1. The molecule has 3 rings (SSSR count). The molecule has 0 saturated heterocycles.